The van der Waals surface area contributed by atoms with Crippen LogP contribution < -0.4 is 4.90 Å². The highest BCUT2D eigenvalue weighted by Gasteiger charge is 2.19. The van der Waals surface area contributed by atoms with Gasteiger partial charge in [-0.05, 0) is 66.0 Å². The van der Waals surface area contributed by atoms with Crippen LogP contribution in [0.15, 0.2) is 124 Å². The van der Waals surface area contributed by atoms with Gasteiger partial charge in [0, 0.05) is 50.7 Å². The molecule has 0 N–H and O–H groups in total. The number of hydrogen-bond donors (Lipinski definition) is 0. The lowest BCUT2D eigenvalue weighted by molar-refractivity contribution is 0.654. The van der Waals surface area contributed by atoms with E-state index in [9.17, 15) is 0 Å². The Morgan fingerprint density at radius 2 is 1.30 bits per heavy atom. The van der Waals surface area contributed by atoms with Crippen LogP contribution in [0.2, 0.25) is 0 Å². The van der Waals surface area contributed by atoms with Crippen LogP contribution in [0.3, 0.4) is 0 Å². The number of benzene rings is 4. The smallest absolute Gasteiger partial charge is 0.227 e. The van der Waals surface area contributed by atoms with Gasteiger partial charge in [0.25, 0.3) is 0 Å². The van der Waals surface area contributed by atoms with Crippen molar-refractivity contribution in [2.45, 2.75) is 0 Å². The van der Waals surface area contributed by atoms with Gasteiger partial charge < -0.3 is 13.7 Å². The van der Waals surface area contributed by atoms with Crippen molar-refractivity contribution < 1.29 is 8.83 Å². The van der Waals surface area contributed by atoms with E-state index in [2.05, 4.69) is 87.7 Å². The van der Waals surface area contributed by atoms with Gasteiger partial charge in [0.15, 0.2) is 5.58 Å². The molecule has 8 rings (SSSR count). The Morgan fingerprint density at radius 3 is 2.19 bits per heavy atom. The van der Waals surface area contributed by atoms with E-state index in [0.29, 0.717) is 5.71 Å². The van der Waals surface area contributed by atoms with Gasteiger partial charge in [-0.25, -0.2) is 4.98 Å². The quantitative estimate of drug-likeness (QED) is 0.254. The van der Waals surface area contributed by atoms with Gasteiger partial charge in [-0.15, -0.1) is 0 Å². The van der Waals surface area contributed by atoms with Crippen molar-refractivity contribution in [2.75, 3.05) is 4.90 Å². The highest BCUT2D eigenvalue weighted by molar-refractivity contribution is 6.09. The van der Waals surface area contributed by atoms with Gasteiger partial charge in [-0.2, -0.15) is 0 Å². The molecule has 8 aromatic rings. The summed E-state index contributed by atoms with van der Waals surface area (Å²) in [4.78, 5) is 10.9. The molecule has 4 heterocycles. The summed E-state index contributed by atoms with van der Waals surface area (Å²) >= 11 is 0. The van der Waals surface area contributed by atoms with Crippen LogP contribution in [0, 0.1) is 0 Å². The normalized spacial score (nSPS) is 11.8. The zero-order valence-electron chi connectivity index (χ0n) is 19.6. The van der Waals surface area contributed by atoms with Gasteiger partial charge in [-0.3, -0.25) is 4.98 Å². The molecule has 0 radical (unpaired) electrons. The Balaban J connectivity index is 1.43. The van der Waals surface area contributed by atoms with Crippen molar-refractivity contribution in [2.24, 2.45) is 0 Å². The van der Waals surface area contributed by atoms with Crippen LogP contribution >= 0.6 is 0 Å². The SMILES string of the molecule is c1ccc2c(N(c3ccc4oc5cnccc5c4c3)c3ccc4oc5ncccc5c4c3)cccc2c1. The first-order valence-corrected chi connectivity index (χ1v) is 12.1. The van der Waals surface area contributed by atoms with E-state index in [1.165, 1.54) is 10.8 Å². The van der Waals surface area contributed by atoms with Crippen molar-refractivity contribution in [3.8, 4) is 0 Å². The molecule has 5 nitrogen and oxygen atoms in total. The molecule has 0 bridgehead atoms. The highest BCUT2D eigenvalue weighted by Crippen LogP contribution is 2.42. The predicted molar refractivity (Wildman–Crippen MR) is 149 cm³/mol. The molecule has 0 unspecified atom stereocenters. The van der Waals surface area contributed by atoms with Crippen molar-refractivity contribution in [1.82, 2.24) is 9.97 Å². The van der Waals surface area contributed by atoms with E-state index in [4.69, 9.17) is 8.83 Å². The number of furan rings is 2. The first-order chi connectivity index (χ1) is 18.3. The molecule has 174 valence electrons. The molecular formula is C32H19N3O2. The van der Waals surface area contributed by atoms with E-state index in [-0.39, 0.29) is 0 Å². The van der Waals surface area contributed by atoms with E-state index in [1.807, 2.05) is 24.3 Å². The first kappa shape index (κ1) is 20.1. The minimum Gasteiger partial charge on any atom is -0.454 e. The van der Waals surface area contributed by atoms with Gasteiger partial charge in [0.1, 0.15) is 11.2 Å². The van der Waals surface area contributed by atoms with Gasteiger partial charge >= 0.3 is 0 Å². The summed E-state index contributed by atoms with van der Waals surface area (Å²) in [5.41, 5.74) is 6.25. The summed E-state index contributed by atoms with van der Waals surface area (Å²) in [7, 11) is 0. The van der Waals surface area contributed by atoms with Crippen LogP contribution in [-0.2, 0) is 0 Å². The number of nitrogens with zero attached hydrogens (tertiary/aromatic N) is 3. The molecule has 0 fully saturated rings. The van der Waals surface area contributed by atoms with Crippen LogP contribution in [0.25, 0.3) is 54.8 Å². The van der Waals surface area contributed by atoms with Crippen molar-refractivity contribution in [3.05, 3.63) is 116 Å². The minimum absolute atomic E-state index is 0.645. The first-order valence-electron chi connectivity index (χ1n) is 12.1. The lowest BCUT2D eigenvalue weighted by atomic mass is 10.0. The van der Waals surface area contributed by atoms with Crippen molar-refractivity contribution in [3.63, 3.8) is 0 Å². The summed E-state index contributed by atoms with van der Waals surface area (Å²) in [5, 5.41) is 6.49. The molecule has 0 aliphatic carbocycles. The standard InChI is InChI=1S/C32H19N3O2/c1-2-7-23-20(5-1)6-3-9-28(23)35(21-10-12-29-26(17-21)24-14-16-33-19-31(24)36-29)22-11-13-30-27(18-22)25-8-4-15-34-32(25)37-30/h1-19H. The third kappa shape index (κ3) is 3.04. The zero-order chi connectivity index (χ0) is 24.3. The lowest BCUT2D eigenvalue weighted by Crippen LogP contribution is -2.10. The third-order valence-corrected chi connectivity index (χ3v) is 7.01. The molecule has 0 spiro atoms. The molecule has 0 aliphatic rings. The van der Waals surface area contributed by atoms with Gasteiger partial charge in [-0.1, -0.05) is 36.4 Å². The van der Waals surface area contributed by atoms with E-state index >= 15 is 0 Å². The molecule has 4 aromatic carbocycles. The fourth-order valence-electron chi connectivity index (χ4n) is 5.33. The summed E-state index contributed by atoms with van der Waals surface area (Å²) in [5.74, 6) is 0. The predicted octanol–water partition coefficient (Wildman–Crippen LogP) is 8.90. The second-order valence-corrected chi connectivity index (χ2v) is 9.13. The molecule has 0 amide bonds. The average Bonchev–Trinajstić information content (AvgIpc) is 3.51. The molecule has 0 saturated heterocycles. The number of pyridine rings is 2. The lowest BCUT2D eigenvalue weighted by Gasteiger charge is -2.27. The number of hydrogen-bond acceptors (Lipinski definition) is 5. The summed E-state index contributed by atoms with van der Waals surface area (Å²) < 4.78 is 12.1. The summed E-state index contributed by atoms with van der Waals surface area (Å²) in [6, 6.07) is 33.6. The maximum absolute atomic E-state index is 6.06. The topological polar surface area (TPSA) is 55.3 Å². The van der Waals surface area contributed by atoms with Crippen LogP contribution in [0.5, 0.6) is 0 Å². The molecule has 0 saturated carbocycles. The molecule has 37 heavy (non-hydrogen) atoms. The van der Waals surface area contributed by atoms with E-state index < -0.39 is 0 Å². The maximum atomic E-state index is 6.06. The van der Waals surface area contributed by atoms with E-state index in [1.54, 1.807) is 18.6 Å². The minimum atomic E-state index is 0.645. The molecule has 5 heteroatoms. The Morgan fingerprint density at radius 1 is 0.541 bits per heavy atom. The third-order valence-electron chi connectivity index (χ3n) is 7.01. The summed E-state index contributed by atoms with van der Waals surface area (Å²) in [6.45, 7) is 0. The number of fused-ring (bicyclic) bond motifs is 7. The van der Waals surface area contributed by atoms with E-state index in [0.717, 1.165) is 55.4 Å². The summed E-state index contributed by atoms with van der Waals surface area (Å²) in [6.07, 6.45) is 5.33. The number of anilines is 3. The van der Waals surface area contributed by atoms with Crippen LogP contribution in [0.1, 0.15) is 0 Å². The second kappa shape index (κ2) is 7.67. The Hall–Kier alpha value is -5.16. The fourth-order valence-corrected chi connectivity index (χ4v) is 5.33. The Bertz CT molecular complexity index is 2000. The monoisotopic (exact) mass is 477 g/mol. The molecular weight excluding hydrogens is 458 g/mol. The van der Waals surface area contributed by atoms with Crippen LogP contribution in [-0.4, -0.2) is 9.97 Å². The zero-order valence-corrected chi connectivity index (χ0v) is 19.6. The fraction of sp³-hybridized carbons (Fsp3) is 0. The molecule has 0 atom stereocenters. The van der Waals surface area contributed by atoms with Crippen molar-refractivity contribution >= 4 is 71.8 Å². The number of aromatic nitrogens is 2. The second-order valence-electron chi connectivity index (χ2n) is 9.13. The number of rotatable bonds is 3. The highest BCUT2D eigenvalue weighted by atomic mass is 16.3. The Kier molecular flexibility index (Phi) is 4.16. The largest absolute Gasteiger partial charge is 0.454 e. The maximum Gasteiger partial charge on any atom is 0.227 e. The Labute approximate surface area is 211 Å². The van der Waals surface area contributed by atoms with Gasteiger partial charge in [0.2, 0.25) is 5.71 Å². The molecule has 0 aliphatic heterocycles. The molecule has 4 aromatic heterocycles. The average molecular weight is 478 g/mol. The van der Waals surface area contributed by atoms with Crippen molar-refractivity contribution in [1.29, 1.82) is 0 Å². The van der Waals surface area contributed by atoms with Crippen LogP contribution in [0.4, 0.5) is 17.1 Å². The van der Waals surface area contributed by atoms with Gasteiger partial charge in [0.05, 0.1) is 11.9 Å².